The minimum Gasteiger partial charge on any atom is -0.359 e. The van der Waals surface area contributed by atoms with E-state index in [-0.39, 0.29) is 11.8 Å². The molecular weight excluding hydrogens is 234 g/mol. The van der Waals surface area contributed by atoms with Gasteiger partial charge in [-0.05, 0) is 15.9 Å². The van der Waals surface area contributed by atoms with Crippen molar-refractivity contribution < 1.29 is 4.79 Å². The van der Waals surface area contributed by atoms with Crippen LogP contribution in [0.25, 0.3) is 0 Å². The van der Waals surface area contributed by atoms with Crippen molar-refractivity contribution in [1.82, 2.24) is 15.1 Å². The molecule has 1 amide bonds. The smallest absolute Gasteiger partial charge is 0.224 e. The predicted octanol–water partition coefficient (Wildman–Crippen LogP) is 1.03. The Morgan fingerprint density at radius 3 is 3.00 bits per heavy atom. The number of hydrogen-bond acceptors (Lipinski definition) is 2. The molecule has 0 spiro atoms. The molecule has 0 aliphatic rings. The first kappa shape index (κ1) is 10.2. The summed E-state index contributed by atoms with van der Waals surface area (Å²) < 4.78 is 2.67. The molecule has 0 radical (unpaired) electrons. The van der Waals surface area contributed by atoms with Gasteiger partial charge in [0.15, 0.2) is 0 Å². The molecule has 1 rings (SSSR count). The minimum atomic E-state index is -0.0585. The van der Waals surface area contributed by atoms with Gasteiger partial charge in [0.25, 0.3) is 0 Å². The Hall–Kier alpha value is -0.840. The average molecular weight is 246 g/mol. The van der Waals surface area contributed by atoms with Gasteiger partial charge in [0.05, 0.1) is 23.1 Å². The molecule has 0 aromatic carbocycles. The van der Waals surface area contributed by atoms with E-state index in [1.807, 2.05) is 13.1 Å². The van der Waals surface area contributed by atoms with Crippen molar-refractivity contribution in [2.45, 2.75) is 13.5 Å². The second-order valence-corrected chi connectivity index (χ2v) is 3.81. The van der Waals surface area contributed by atoms with Gasteiger partial charge in [0, 0.05) is 13.2 Å². The zero-order chi connectivity index (χ0) is 9.84. The van der Waals surface area contributed by atoms with Crippen molar-refractivity contribution in [3.8, 4) is 0 Å². The molecule has 0 unspecified atom stereocenters. The summed E-state index contributed by atoms with van der Waals surface area (Å²) in [6.45, 7) is 2.47. The molecule has 1 heterocycles. The van der Waals surface area contributed by atoms with Crippen LogP contribution in [-0.2, 0) is 11.3 Å². The number of nitrogens with zero attached hydrogens (tertiary/aromatic N) is 2. The SMILES string of the molecule is CNC(=O)[C@@H](C)Cn1cc(Br)cn1. The van der Waals surface area contributed by atoms with E-state index in [9.17, 15) is 4.79 Å². The maximum atomic E-state index is 11.2. The molecule has 0 saturated heterocycles. The third-order valence-electron chi connectivity index (χ3n) is 1.76. The summed E-state index contributed by atoms with van der Waals surface area (Å²) in [7, 11) is 1.64. The van der Waals surface area contributed by atoms with Crippen LogP contribution in [0.1, 0.15) is 6.92 Å². The van der Waals surface area contributed by atoms with E-state index < -0.39 is 0 Å². The summed E-state index contributed by atoms with van der Waals surface area (Å²) in [4.78, 5) is 11.2. The molecule has 0 bridgehead atoms. The molecular formula is C8H12BrN3O. The van der Waals surface area contributed by atoms with Crippen LogP contribution in [0, 0.1) is 5.92 Å². The van der Waals surface area contributed by atoms with Crippen LogP contribution < -0.4 is 5.32 Å². The number of rotatable bonds is 3. The number of halogens is 1. The second-order valence-electron chi connectivity index (χ2n) is 2.90. The normalized spacial score (nSPS) is 12.5. The Morgan fingerprint density at radius 1 is 1.85 bits per heavy atom. The topological polar surface area (TPSA) is 46.9 Å². The fourth-order valence-electron chi connectivity index (χ4n) is 1.05. The van der Waals surface area contributed by atoms with Crippen molar-refractivity contribution in [3.63, 3.8) is 0 Å². The number of nitrogens with one attached hydrogen (secondary N) is 1. The first-order valence-electron chi connectivity index (χ1n) is 4.03. The van der Waals surface area contributed by atoms with Crippen molar-refractivity contribution in [2.75, 3.05) is 7.05 Å². The lowest BCUT2D eigenvalue weighted by atomic mass is 10.2. The molecule has 1 N–H and O–H groups in total. The van der Waals surface area contributed by atoms with Crippen LogP contribution in [0.15, 0.2) is 16.9 Å². The van der Waals surface area contributed by atoms with Crippen LogP contribution in [0.4, 0.5) is 0 Å². The molecule has 0 aliphatic carbocycles. The van der Waals surface area contributed by atoms with Gasteiger partial charge in [0.1, 0.15) is 0 Å². The number of carbonyl (C=O) groups is 1. The maximum absolute atomic E-state index is 11.2. The Labute approximate surface area is 85.4 Å². The summed E-state index contributed by atoms with van der Waals surface area (Å²) >= 11 is 3.29. The lowest BCUT2D eigenvalue weighted by molar-refractivity contribution is -0.124. The molecule has 5 heteroatoms. The van der Waals surface area contributed by atoms with Crippen LogP contribution >= 0.6 is 15.9 Å². The predicted molar refractivity (Wildman–Crippen MR) is 53.2 cm³/mol. The van der Waals surface area contributed by atoms with Gasteiger partial charge in [-0.3, -0.25) is 9.48 Å². The third-order valence-corrected chi connectivity index (χ3v) is 2.17. The maximum Gasteiger partial charge on any atom is 0.224 e. The number of amides is 1. The molecule has 1 aromatic rings. The van der Waals surface area contributed by atoms with Crippen molar-refractivity contribution in [2.24, 2.45) is 5.92 Å². The highest BCUT2D eigenvalue weighted by Crippen LogP contribution is 2.08. The Balaban J connectivity index is 2.54. The minimum absolute atomic E-state index is 0.0339. The zero-order valence-electron chi connectivity index (χ0n) is 7.62. The average Bonchev–Trinajstić information content (AvgIpc) is 2.49. The van der Waals surface area contributed by atoms with E-state index in [2.05, 4.69) is 26.3 Å². The first-order chi connectivity index (χ1) is 6.13. The van der Waals surface area contributed by atoms with E-state index in [4.69, 9.17) is 0 Å². The molecule has 0 fully saturated rings. The van der Waals surface area contributed by atoms with E-state index in [0.717, 1.165) is 4.47 Å². The third kappa shape index (κ3) is 2.84. The molecule has 1 atom stereocenters. The standard InChI is InChI=1S/C8H12BrN3O/c1-6(8(13)10-2)4-12-5-7(9)3-11-12/h3,5-6H,4H2,1-2H3,(H,10,13)/t6-/m0/s1. The number of aromatic nitrogens is 2. The Morgan fingerprint density at radius 2 is 2.54 bits per heavy atom. The molecule has 13 heavy (non-hydrogen) atoms. The van der Waals surface area contributed by atoms with E-state index in [0.29, 0.717) is 6.54 Å². The fourth-order valence-corrected chi connectivity index (χ4v) is 1.38. The Bertz CT molecular complexity index is 297. The van der Waals surface area contributed by atoms with Crippen molar-refractivity contribution in [1.29, 1.82) is 0 Å². The highest BCUT2D eigenvalue weighted by molar-refractivity contribution is 9.10. The van der Waals surface area contributed by atoms with Crippen LogP contribution in [0.2, 0.25) is 0 Å². The summed E-state index contributed by atoms with van der Waals surface area (Å²) in [5.41, 5.74) is 0. The van der Waals surface area contributed by atoms with Gasteiger partial charge >= 0.3 is 0 Å². The van der Waals surface area contributed by atoms with Gasteiger partial charge in [0.2, 0.25) is 5.91 Å². The first-order valence-corrected chi connectivity index (χ1v) is 4.82. The van der Waals surface area contributed by atoms with E-state index >= 15 is 0 Å². The number of carbonyl (C=O) groups excluding carboxylic acids is 1. The van der Waals surface area contributed by atoms with E-state index in [1.165, 1.54) is 0 Å². The largest absolute Gasteiger partial charge is 0.359 e. The van der Waals surface area contributed by atoms with Crippen LogP contribution in [-0.4, -0.2) is 22.7 Å². The lowest BCUT2D eigenvalue weighted by Gasteiger charge is -2.08. The quantitative estimate of drug-likeness (QED) is 0.865. The second kappa shape index (κ2) is 4.41. The molecule has 72 valence electrons. The molecule has 0 aliphatic heterocycles. The highest BCUT2D eigenvalue weighted by atomic mass is 79.9. The molecule has 0 saturated carbocycles. The lowest BCUT2D eigenvalue weighted by Crippen LogP contribution is -2.28. The monoisotopic (exact) mass is 245 g/mol. The fraction of sp³-hybridized carbons (Fsp3) is 0.500. The summed E-state index contributed by atoms with van der Waals surface area (Å²) in [5.74, 6) is -0.0246. The van der Waals surface area contributed by atoms with Gasteiger partial charge < -0.3 is 5.32 Å². The summed E-state index contributed by atoms with van der Waals surface area (Å²) in [6, 6.07) is 0. The van der Waals surface area contributed by atoms with Gasteiger partial charge in [-0.15, -0.1) is 0 Å². The zero-order valence-corrected chi connectivity index (χ0v) is 9.21. The summed E-state index contributed by atoms with van der Waals surface area (Å²) in [6.07, 6.45) is 3.55. The van der Waals surface area contributed by atoms with Crippen LogP contribution in [0.5, 0.6) is 0 Å². The Kier molecular flexibility index (Phi) is 3.48. The summed E-state index contributed by atoms with van der Waals surface area (Å²) in [5, 5.41) is 6.66. The molecule has 1 aromatic heterocycles. The number of hydrogen-bond donors (Lipinski definition) is 1. The molecule has 4 nitrogen and oxygen atoms in total. The van der Waals surface area contributed by atoms with Crippen LogP contribution in [0.3, 0.4) is 0 Å². The van der Waals surface area contributed by atoms with Gasteiger partial charge in [-0.25, -0.2) is 0 Å². The van der Waals surface area contributed by atoms with Gasteiger partial charge in [-0.2, -0.15) is 5.10 Å². The van der Waals surface area contributed by atoms with Crippen molar-refractivity contribution >= 4 is 21.8 Å². The van der Waals surface area contributed by atoms with Crippen molar-refractivity contribution in [3.05, 3.63) is 16.9 Å². The van der Waals surface area contributed by atoms with E-state index in [1.54, 1.807) is 17.9 Å². The van der Waals surface area contributed by atoms with Gasteiger partial charge in [-0.1, -0.05) is 6.92 Å². The highest BCUT2D eigenvalue weighted by Gasteiger charge is 2.11.